The van der Waals surface area contributed by atoms with Crippen LogP contribution in [0.2, 0.25) is 0 Å². The lowest BCUT2D eigenvalue weighted by molar-refractivity contribution is -0.167. The van der Waals surface area contributed by atoms with E-state index in [0.29, 0.717) is 19.3 Å². The fraction of sp³-hybridized carbons (Fsp3) is 0.740. The van der Waals surface area contributed by atoms with Crippen LogP contribution >= 0.6 is 0 Å². The van der Waals surface area contributed by atoms with Crippen LogP contribution in [0.1, 0.15) is 329 Å². The van der Waals surface area contributed by atoms with E-state index in [1.807, 2.05) is 0 Å². The highest BCUT2D eigenvalue weighted by atomic mass is 16.6. The number of hydrogen-bond donors (Lipinski definition) is 0. The minimum absolute atomic E-state index is 0.0851. The van der Waals surface area contributed by atoms with Gasteiger partial charge in [0.05, 0.1) is 0 Å². The average molecular weight is 1100 g/mol. The van der Waals surface area contributed by atoms with E-state index in [9.17, 15) is 14.4 Å². The number of carbonyl (C=O) groups excluding carboxylic acids is 3. The van der Waals surface area contributed by atoms with Crippen molar-refractivity contribution in [2.75, 3.05) is 13.2 Å². The van der Waals surface area contributed by atoms with Gasteiger partial charge in [0, 0.05) is 19.3 Å². The fourth-order valence-electron chi connectivity index (χ4n) is 9.50. The predicted molar refractivity (Wildman–Crippen MR) is 344 cm³/mol. The Morgan fingerprint density at radius 2 is 0.494 bits per heavy atom. The van der Waals surface area contributed by atoms with Gasteiger partial charge >= 0.3 is 17.9 Å². The lowest BCUT2D eigenvalue weighted by Crippen LogP contribution is -2.30. The quantitative estimate of drug-likeness (QED) is 0.0261. The zero-order valence-electron chi connectivity index (χ0n) is 52.1. The van der Waals surface area contributed by atoms with Gasteiger partial charge in [-0.3, -0.25) is 14.4 Å². The number of allylic oxidation sites excluding steroid dienone is 16. The molecule has 0 N–H and O–H groups in total. The molecule has 0 radical (unpaired) electrons. The standard InChI is InChI=1S/C73H126O6/c1-4-7-10-13-16-19-22-25-28-31-34-35-36-37-38-39-40-43-45-48-51-54-57-60-63-66-72(75)78-69-70(79-73(76)67-64-61-58-55-52-49-46-42-33-30-27-24-21-18-15-12-9-6-3)68-77-71(74)65-62-59-56-53-50-47-44-41-32-29-26-23-20-17-14-11-8-5-2/h7,10,16,19,25,28-30,32-35,37-38,40,43,70H,4-6,8-9,11-15,17-18,20-24,26-27,31,36,39,41-42,44-69H2,1-3H3/b10-7-,19-16-,28-25-,32-29-,33-30-,35-34-,38-37-,43-40-. The molecule has 0 saturated carbocycles. The third-order valence-corrected chi connectivity index (χ3v) is 14.5. The summed E-state index contributed by atoms with van der Waals surface area (Å²) in [5.74, 6) is -0.895. The fourth-order valence-corrected chi connectivity index (χ4v) is 9.50. The molecule has 0 aromatic carbocycles. The van der Waals surface area contributed by atoms with Gasteiger partial charge in [-0.1, -0.05) is 285 Å². The SMILES string of the molecule is CC/C=C\C/C=C\C/C=C\C/C=C\C/C=C\C/C=C\CCCCCCCCC(=O)OCC(COC(=O)CCCCCCCCC/C=C\CCCCCCCCC)OC(=O)CCCCCCCCC/C=C\CCCCCCCCC. The zero-order chi connectivity index (χ0) is 57.1. The van der Waals surface area contributed by atoms with Gasteiger partial charge in [0.15, 0.2) is 6.10 Å². The first kappa shape index (κ1) is 75.3. The summed E-state index contributed by atoms with van der Waals surface area (Å²) in [4.78, 5) is 38.4. The van der Waals surface area contributed by atoms with Crippen molar-refractivity contribution in [2.45, 2.75) is 335 Å². The first-order chi connectivity index (χ1) is 39.0. The Labute approximate surface area is 489 Å². The van der Waals surface area contributed by atoms with Crippen LogP contribution in [0.25, 0.3) is 0 Å². The van der Waals surface area contributed by atoms with Crippen LogP contribution < -0.4 is 0 Å². The van der Waals surface area contributed by atoms with Gasteiger partial charge in [0.2, 0.25) is 0 Å². The van der Waals surface area contributed by atoms with Gasteiger partial charge in [-0.25, -0.2) is 0 Å². The van der Waals surface area contributed by atoms with Crippen molar-refractivity contribution in [1.82, 2.24) is 0 Å². The largest absolute Gasteiger partial charge is 0.462 e. The van der Waals surface area contributed by atoms with E-state index in [0.717, 1.165) is 109 Å². The second-order valence-corrected chi connectivity index (χ2v) is 22.3. The van der Waals surface area contributed by atoms with Crippen molar-refractivity contribution in [3.8, 4) is 0 Å². The topological polar surface area (TPSA) is 78.9 Å². The zero-order valence-corrected chi connectivity index (χ0v) is 52.1. The van der Waals surface area contributed by atoms with Crippen molar-refractivity contribution in [3.05, 3.63) is 97.2 Å². The van der Waals surface area contributed by atoms with E-state index in [2.05, 4.69) is 118 Å². The molecule has 79 heavy (non-hydrogen) atoms. The summed E-state index contributed by atoms with van der Waals surface area (Å²) >= 11 is 0. The van der Waals surface area contributed by atoms with Crippen LogP contribution in [-0.4, -0.2) is 37.2 Å². The van der Waals surface area contributed by atoms with Crippen molar-refractivity contribution in [3.63, 3.8) is 0 Å². The molecule has 0 aliphatic carbocycles. The molecule has 0 heterocycles. The third kappa shape index (κ3) is 65.0. The Balaban J connectivity index is 4.41. The highest BCUT2D eigenvalue weighted by Crippen LogP contribution is 2.16. The van der Waals surface area contributed by atoms with Gasteiger partial charge in [0.1, 0.15) is 13.2 Å². The van der Waals surface area contributed by atoms with Crippen molar-refractivity contribution in [2.24, 2.45) is 0 Å². The summed E-state index contributed by atoms with van der Waals surface area (Å²) in [6.07, 6.45) is 89.8. The monoisotopic (exact) mass is 1100 g/mol. The molecule has 0 aromatic heterocycles. The molecule has 0 saturated heterocycles. The molecule has 0 spiro atoms. The highest BCUT2D eigenvalue weighted by Gasteiger charge is 2.19. The van der Waals surface area contributed by atoms with Gasteiger partial charge in [-0.05, 0) is 122 Å². The Kier molecular flexibility index (Phi) is 63.7. The summed E-state index contributed by atoms with van der Waals surface area (Å²) < 4.78 is 17.0. The molecule has 6 nitrogen and oxygen atoms in total. The van der Waals surface area contributed by atoms with Gasteiger partial charge in [-0.15, -0.1) is 0 Å². The molecule has 454 valence electrons. The molecule has 0 amide bonds. The molecular formula is C73H126O6. The third-order valence-electron chi connectivity index (χ3n) is 14.5. The Morgan fingerprint density at radius 1 is 0.266 bits per heavy atom. The maximum atomic E-state index is 12.9. The Morgan fingerprint density at radius 3 is 0.785 bits per heavy atom. The molecular weight excluding hydrogens is 973 g/mol. The van der Waals surface area contributed by atoms with Gasteiger partial charge in [-0.2, -0.15) is 0 Å². The molecule has 0 aromatic rings. The van der Waals surface area contributed by atoms with E-state index in [1.165, 1.54) is 180 Å². The number of ether oxygens (including phenoxy) is 3. The summed E-state index contributed by atoms with van der Waals surface area (Å²) in [7, 11) is 0. The van der Waals surface area contributed by atoms with Crippen LogP contribution in [-0.2, 0) is 28.6 Å². The molecule has 0 aliphatic rings. The summed E-state index contributed by atoms with van der Waals surface area (Å²) in [5.41, 5.74) is 0. The smallest absolute Gasteiger partial charge is 0.306 e. The second-order valence-electron chi connectivity index (χ2n) is 22.3. The van der Waals surface area contributed by atoms with Gasteiger partial charge < -0.3 is 14.2 Å². The first-order valence-corrected chi connectivity index (χ1v) is 33.7. The lowest BCUT2D eigenvalue weighted by atomic mass is 10.1. The molecule has 0 rings (SSSR count). The van der Waals surface area contributed by atoms with Crippen LogP contribution in [0.15, 0.2) is 97.2 Å². The number of carbonyl (C=O) groups is 3. The van der Waals surface area contributed by atoms with Gasteiger partial charge in [0.25, 0.3) is 0 Å². The van der Waals surface area contributed by atoms with E-state index in [-0.39, 0.29) is 31.1 Å². The number of rotatable bonds is 61. The van der Waals surface area contributed by atoms with E-state index < -0.39 is 6.10 Å². The molecule has 1 atom stereocenters. The van der Waals surface area contributed by atoms with Crippen LogP contribution in [0.3, 0.4) is 0 Å². The van der Waals surface area contributed by atoms with Crippen molar-refractivity contribution in [1.29, 1.82) is 0 Å². The molecule has 1 unspecified atom stereocenters. The summed E-state index contributed by atoms with van der Waals surface area (Å²) in [5, 5.41) is 0. The minimum Gasteiger partial charge on any atom is -0.462 e. The molecule has 0 aliphatic heterocycles. The Bertz CT molecular complexity index is 1540. The summed E-state index contributed by atoms with van der Waals surface area (Å²) in [6.45, 7) is 6.54. The normalized spacial score (nSPS) is 12.7. The number of unbranched alkanes of at least 4 members (excludes halogenated alkanes) is 34. The van der Waals surface area contributed by atoms with Crippen LogP contribution in [0.5, 0.6) is 0 Å². The lowest BCUT2D eigenvalue weighted by Gasteiger charge is -2.18. The van der Waals surface area contributed by atoms with E-state index in [4.69, 9.17) is 14.2 Å². The highest BCUT2D eigenvalue weighted by molar-refractivity contribution is 5.71. The molecule has 0 bridgehead atoms. The number of hydrogen-bond acceptors (Lipinski definition) is 6. The minimum atomic E-state index is -0.790. The Hall–Kier alpha value is -3.67. The average Bonchev–Trinajstić information content (AvgIpc) is 3.45. The second kappa shape index (κ2) is 66.8. The van der Waals surface area contributed by atoms with Crippen molar-refractivity contribution < 1.29 is 28.6 Å². The maximum Gasteiger partial charge on any atom is 0.306 e. The van der Waals surface area contributed by atoms with E-state index in [1.54, 1.807) is 0 Å². The maximum absolute atomic E-state index is 12.9. The number of esters is 3. The first-order valence-electron chi connectivity index (χ1n) is 33.7. The molecule has 0 fully saturated rings. The van der Waals surface area contributed by atoms with Crippen molar-refractivity contribution >= 4 is 17.9 Å². The van der Waals surface area contributed by atoms with E-state index >= 15 is 0 Å². The van der Waals surface area contributed by atoms with Crippen LogP contribution in [0, 0.1) is 0 Å². The van der Waals surface area contributed by atoms with Crippen LogP contribution in [0.4, 0.5) is 0 Å². The summed E-state index contributed by atoms with van der Waals surface area (Å²) in [6, 6.07) is 0. The molecule has 6 heteroatoms. The predicted octanol–water partition coefficient (Wildman–Crippen LogP) is 23.2.